The highest BCUT2D eigenvalue weighted by atomic mass is 79.9. The van der Waals surface area contributed by atoms with E-state index in [-0.39, 0.29) is 18.0 Å². The molecule has 5 nitrogen and oxygen atoms in total. The van der Waals surface area contributed by atoms with E-state index in [4.69, 9.17) is 11.6 Å². The molecule has 1 saturated heterocycles. The first kappa shape index (κ1) is 24.1. The van der Waals surface area contributed by atoms with Crippen LogP contribution in [0.25, 0.3) is 0 Å². The maximum Gasteiger partial charge on any atom is 0.264 e. The molecule has 0 unspecified atom stereocenters. The number of carbonyl (C=O) groups is 2. The number of benzene rings is 3. The summed E-state index contributed by atoms with van der Waals surface area (Å²) in [7, 11) is 0. The average Bonchev–Trinajstić information content (AvgIpc) is 3.16. The van der Waals surface area contributed by atoms with Crippen molar-refractivity contribution in [1.29, 1.82) is 5.26 Å². The summed E-state index contributed by atoms with van der Waals surface area (Å²) in [6, 6.07) is 26.0. The van der Waals surface area contributed by atoms with Gasteiger partial charge in [0.2, 0.25) is 5.91 Å². The highest BCUT2D eigenvalue weighted by molar-refractivity contribution is 9.10. The minimum Gasteiger partial charge on any atom is -0.347 e. The van der Waals surface area contributed by atoms with Crippen LogP contribution in [0.2, 0.25) is 5.02 Å². The molecular formula is C26H19BrClN3O2S. The van der Waals surface area contributed by atoms with Gasteiger partial charge in [0.15, 0.2) is 0 Å². The molecule has 0 saturated carbocycles. The number of nitrogens with one attached hydrogen (secondary N) is 1. The largest absolute Gasteiger partial charge is 0.347 e. The van der Waals surface area contributed by atoms with E-state index in [0.717, 1.165) is 15.6 Å². The van der Waals surface area contributed by atoms with Gasteiger partial charge in [0.25, 0.3) is 5.91 Å². The molecule has 1 aliphatic heterocycles. The summed E-state index contributed by atoms with van der Waals surface area (Å²) in [4.78, 5) is 27.9. The Morgan fingerprint density at radius 1 is 1.03 bits per heavy atom. The Kier molecular flexibility index (Phi) is 7.73. The second-order valence-corrected chi connectivity index (χ2v) is 10.1. The molecule has 4 rings (SSSR count). The smallest absolute Gasteiger partial charge is 0.264 e. The Labute approximate surface area is 215 Å². The highest BCUT2D eigenvalue weighted by Gasteiger charge is 2.40. The summed E-state index contributed by atoms with van der Waals surface area (Å²) in [5.41, 5.74) is 2.36. The molecule has 3 aromatic rings. The third-order valence-corrected chi connectivity index (χ3v) is 7.26. The van der Waals surface area contributed by atoms with Gasteiger partial charge in [0.05, 0.1) is 5.25 Å². The minimum atomic E-state index is -0.523. The lowest BCUT2D eigenvalue weighted by atomic mass is 10.1. The number of rotatable bonds is 6. The third kappa shape index (κ3) is 5.53. The summed E-state index contributed by atoms with van der Waals surface area (Å²) >= 11 is 10.7. The Balaban J connectivity index is 1.66. The summed E-state index contributed by atoms with van der Waals surface area (Å²) in [5, 5.41) is 13.1. The second-order valence-electron chi connectivity index (χ2n) is 7.55. The SMILES string of the molecule is N#C/C(C(=O)NCc1ccccc1)=C1/S[C@H](Cc2ccc(Br)cc2)C(=O)N1c1ccc(Cl)cc1. The van der Waals surface area contributed by atoms with E-state index >= 15 is 0 Å². The number of nitrogens with zero attached hydrogens (tertiary/aromatic N) is 2. The Morgan fingerprint density at radius 2 is 1.71 bits per heavy atom. The fourth-order valence-corrected chi connectivity index (χ4v) is 5.21. The summed E-state index contributed by atoms with van der Waals surface area (Å²) < 4.78 is 0.951. The lowest BCUT2D eigenvalue weighted by molar-refractivity contribution is -0.117. The van der Waals surface area contributed by atoms with E-state index in [0.29, 0.717) is 22.2 Å². The zero-order chi connectivity index (χ0) is 24.1. The van der Waals surface area contributed by atoms with Gasteiger partial charge in [-0.05, 0) is 53.9 Å². The molecule has 1 heterocycles. The van der Waals surface area contributed by atoms with Crippen LogP contribution < -0.4 is 10.2 Å². The Bertz CT molecular complexity index is 1270. The molecule has 2 amide bonds. The molecule has 8 heteroatoms. The van der Waals surface area contributed by atoms with E-state index in [1.54, 1.807) is 24.3 Å². The molecule has 3 aromatic carbocycles. The van der Waals surface area contributed by atoms with Gasteiger partial charge in [-0.3, -0.25) is 14.5 Å². The van der Waals surface area contributed by atoms with Gasteiger partial charge in [-0.15, -0.1) is 0 Å². The number of halogens is 2. The number of hydrogen-bond acceptors (Lipinski definition) is 4. The Morgan fingerprint density at radius 3 is 2.35 bits per heavy atom. The van der Waals surface area contributed by atoms with Crippen LogP contribution in [0.1, 0.15) is 11.1 Å². The molecule has 0 bridgehead atoms. The van der Waals surface area contributed by atoms with Crippen LogP contribution in [0.4, 0.5) is 5.69 Å². The average molecular weight is 553 g/mol. The molecule has 170 valence electrons. The molecule has 1 N–H and O–H groups in total. The number of thioether (sulfide) groups is 1. The fraction of sp³-hybridized carbons (Fsp3) is 0.115. The normalized spacial score (nSPS) is 16.8. The topological polar surface area (TPSA) is 73.2 Å². The van der Waals surface area contributed by atoms with Gasteiger partial charge in [0, 0.05) is 21.7 Å². The van der Waals surface area contributed by atoms with E-state index in [9.17, 15) is 14.9 Å². The molecule has 0 aliphatic carbocycles. The van der Waals surface area contributed by atoms with Crippen LogP contribution in [0.15, 0.2) is 93.9 Å². The van der Waals surface area contributed by atoms with Gasteiger partial charge < -0.3 is 5.32 Å². The number of nitriles is 1. The van der Waals surface area contributed by atoms with Crippen molar-refractivity contribution in [2.45, 2.75) is 18.2 Å². The van der Waals surface area contributed by atoms with E-state index in [1.165, 1.54) is 16.7 Å². The molecule has 34 heavy (non-hydrogen) atoms. The first-order valence-corrected chi connectivity index (χ1v) is 12.5. The van der Waals surface area contributed by atoms with Crippen molar-refractivity contribution >= 4 is 56.8 Å². The van der Waals surface area contributed by atoms with Crippen molar-refractivity contribution in [3.05, 3.63) is 110 Å². The third-order valence-electron chi connectivity index (χ3n) is 5.22. The first-order valence-electron chi connectivity index (χ1n) is 10.4. The summed E-state index contributed by atoms with van der Waals surface area (Å²) in [6.07, 6.45) is 0.467. The predicted molar refractivity (Wildman–Crippen MR) is 139 cm³/mol. The highest BCUT2D eigenvalue weighted by Crippen LogP contribution is 2.42. The van der Waals surface area contributed by atoms with Crippen LogP contribution in [0.5, 0.6) is 0 Å². The molecule has 1 aliphatic rings. The number of amides is 2. The van der Waals surface area contributed by atoms with E-state index < -0.39 is 11.2 Å². The lowest BCUT2D eigenvalue weighted by Crippen LogP contribution is -2.32. The van der Waals surface area contributed by atoms with Crippen molar-refractivity contribution in [1.82, 2.24) is 5.32 Å². The Hall–Kier alpha value is -3.05. The first-order chi connectivity index (χ1) is 16.5. The molecule has 0 spiro atoms. The molecular weight excluding hydrogens is 534 g/mol. The predicted octanol–water partition coefficient (Wildman–Crippen LogP) is 5.85. The van der Waals surface area contributed by atoms with E-state index in [1.807, 2.05) is 60.7 Å². The van der Waals surface area contributed by atoms with Crippen LogP contribution in [0.3, 0.4) is 0 Å². The molecule has 1 fully saturated rings. The number of carbonyl (C=O) groups excluding carboxylic acids is 2. The van der Waals surface area contributed by atoms with Crippen molar-refractivity contribution in [2.75, 3.05) is 4.90 Å². The number of hydrogen-bond donors (Lipinski definition) is 1. The molecule has 0 radical (unpaired) electrons. The molecule has 0 aromatic heterocycles. The quantitative estimate of drug-likeness (QED) is 0.308. The zero-order valence-electron chi connectivity index (χ0n) is 17.9. The number of anilines is 1. The standard InChI is InChI=1S/C26H19BrClN3O2S/c27-19-8-6-17(7-9-19)14-23-25(33)31(21-12-10-20(28)11-13-21)26(34-23)22(15-29)24(32)30-16-18-4-2-1-3-5-18/h1-13,23H,14,16H2,(H,30,32)/b26-22-/t23-/m1/s1. The maximum absolute atomic E-state index is 13.5. The van der Waals surface area contributed by atoms with Crippen molar-refractivity contribution < 1.29 is 9.59 Å². The summed E-state index contributed by atoms with van der Waals surface area (Å²) in [5.74, 6) is -0.709. The van der Waals surface area contributed by atoms with Gasteiger partial charge in [-0.25, -0.2) is 0 Å². The summed E-state index contributed by atoms with van der Waals surface area (Å²) in [6.45, 7) is 0.278. The van der Waals surface area contributed by atoms with Gasteiger partial charge in [-0.2, -0.15) is 5.26 Å². The zero-order valence-corrected chi connectivity index (χ0v) is 21.0. The second kappa shape index (κ2) is 10.9. The fourth-order valence-electron chi connectivity index (χ4n) is 3.51. The van der Waals surface area contributed by atoms with Gasteiger partial charge in [-0.1, -0.05) is 81.8 Å². The van der Waals surface area contributed by atoms with Crippen LogP contribution in [-0.4, -0.2) is 17.1 Å². The van der Waals surface area contributed by atoms with Crippen LogP contribution in [-0.2, 0) is 22.6 Å². The maximum atomic E-state index is 13.5. The van der Waals surface area contributed by atoms with E-state index in [2.05, 4.69) is 21.2 Å². The van der Waals surface area contributed by atoms with Crippen molar-refractivity contribution in [3.8, 4) is 6.07 Å². The van der Waals surface area contributed by atoms with Crippen molar-refractivity contribution in [3.63, 3.8) is 0 Å². The lowest BCUT2D eigenvalue weighted by Gasteiger charge is -2.19. The van der Waals surface area contributed by atoms with Gasteiger partial charge in [0.1, 0.15) is 16.7 Å². The van der Waals surface area contributed by atoms with Gasteiger partial charge >= 0.3 is 0 Å². The van der Waals surface area contributed by atoms with Crippen LogP contribution in [0, 0.1) is 11.3 Å². The van der Waals surface area contributed by atoms with Crippen molar-refractivity contribution in [2.24, 2.45) is 0 Å². The van der Waals surface area contributed by atoms with Crippen LogP contribution >= 0.6 is 39.3 Å². The molecule has 1 atom stereocenters. The minimum absolute atomic E-state index is 0.0949. The monoisotopic (exact) mass is 551 g/mol.